The van der Waals surface area contributed by atoms with Crippen LogP contribution < -0.4 is 5.32 Å². The minimum Gasteiger partial charge on any atom is -0.325 e. The topological polar surface area (TPSA) is 29.1 Å². The van der Waals surface area contributed by atoms with E-state index in [-0.39, 0.29) is 5.56 Å². The molecule has 202 valence electrons. The fraction of sp³-hybridized carbons (Fsp3) is 0.344. The molecule has 0 aliphatic heterocycles. The van der Waals surface area contributed by atoms with E-state index in [0.717, 1.165) is 66.0 Å². The first-order valence-electron chi connectivity index (χ1n) is 13.0. The van der Waals surface area contributed by atoms with Crippen molar-refractivity contribution in [2.75, 3.05) is 5.32 Å². The number of carbonyl (C=O) groups is 1. The number of nitrogens with one attached hydrogen (secondary N) is 1. The third kappa shape index (κ3) is 6.91. The maximum absolute atomic E-state index is 14.5. The average molecular weight is 526 g/mol. The normalized spacial score (nSPS) is 11.5. The third-order valence-corrected chi connectivity index (χ3v) is 6.89. The summed E-state index contributed by atoms with van der Waals surface area (Å²) in [4.78, 5) is 12.9. The number of hydrogen-bond donors (Lipinski definition) is 1. The lowest BCUT2D eigenvalue weighted by Crippen LogP contribution is -2.19. The van der Waals surface area contributed by atoms with Gasteiger partial charge in [-0.15, -0.1) is 0 Å². The highest BCUT2D eigenvalue weighted by molar-refractivity contribution is 5.94. The molecule has 1 amide bonds. The average Bonchev–Trinajstić information content (AvgIpc) is 2.86. The molecular weight excluding hydrogens is 490 g/mol. The van der Waals surface area contributed by atoms with Crippen molar-refractivity contribution >= 4 is 17.2 Å². The quantitative estimate of drug-likeness (QED) is 0.263. The van der Waals surface area contributed by atoms with Crippen molar-refractivity contribution in [2.24, 2.45) is 0 Å². The number of anilines is 1. The van der Waals surface area contributed by atoms with Crippen molar-refractivity contribution in [3.8, 4) is 0 Å². The maximum Gasteiger partial charge on any atom is 0.419 e. The van der Waals surface area contributed by atoms with Gasteiger partial charge in [0, 0.05) is 5.69 Å². The second-order valence-corrected chi connectivity index (χ2v) is 9.75. The van der Waals surface area contributed by atoms with Gasteiger partial charge in [-0.25, -0.2) is 4.39 Å². The molecule has 0 fully saturated rings. The number of amides is 1. The number of benzene rings is 3. The van der Waals surface area contributed by atoms with E-state index in [9.17, 15) is 22.4 Å². The van der Waals surface area contributed by atoms with Gasteiger partial charge in [0.05, 0.1) is 12.0 Å². The summed E-state index contributed by atoms with van der Waals surface area (Å²) in [5.41, 5.74) is 6.59. The van der Waals surface area contributed by atoms with Gasteiger partial charge < -0.3 is 5.32 Å². The molecule has 0 aliphatic rings. The second-order valence-electron chi connectivity index (χ2n) is 9.75. The first-order valence-corrected chi connectivity index (χ1v) is 13.0. The zero-order valence-corrected chi connectivity index (χ0v) is 22.5. The van der Waals surface area contributed by atoms with E-state index in [0.29, 0.717) is 11.8 Å². The number of rotatable bonds is 10. The van der Waals surface area contributed by atoms with Gasteiger partial charge in [-0.1, -0.05) is 69.3 Å². The van der Waals surface area contributed by atoms with E-state index in [1.807, 2.05) is 19.9 Å². The molecule has 3 aromatic carbocycles. The van der Waals surface area contributed by atoms with Gasteiger partial charge in [0.2, 0.25) is 5.91 Å². The highest BCUT2D eigenvalue weighted by Crippen LogP contribution is 2.33. The molecule has 0 atom stereocenters. The van der Waals surface area contributed by atoms with Crippen LogP contribution in [0.4, 0.5) is 23.2 Å². The molecule has 3 aromatic rings. The van der Waals surface area contributed by atoms with Crippen LogP contribution in [0.25, 0.3) is 5.57 Å². The van der Waals surface area contributed by atoms with E-state index in [2.05, 4.69) is 50.0 Å². The summed E-state index contributed by atoms with van der Waals surface area (Å²) in [5, 5.41) is 2.87. The van der Waals surface area contributed by atoms with E-state index < -0.39 is 29.9 Å². The van der Waals surface area contributed by atoms with Crippen LogP contribution in [-0.4, -0.2) is 5.91 Å². The number of halogens is 4. The van der Waals surface area contributed by atoms with E-state index in [4.69, 9.17) is 0 Å². The Bertz CT molecular complexity index is 1320. The summed E-state index contributed by atoms with van der Waals surface area (Å²) in [5.74, 6) is -1.97. The SMILES string of the molecule is C=C(CCc1ccc(C)c(NC(=O)Cc2cccc(C(F)(F)F)c2F)c1CCC)c1ccc(CC)cc1C. The molecule has 1 N–H and O–H groups in total. The Hall–Kier alpha value is -3.41. The van der Waals surface area contributed by atoms with Crippen LogP contribution in [-0.2, 0) is 36.7 Å². The predicted molar refractivity (Wildman–Crippen MR) is 147 cm³/mol. The first kappa shape index (κ1) is 29.2. The second kappa shape index (κ2) is 12.4. The van der Waals surface area contributed by atoms with Crippen molar-refractivity contribution in [3.63, 3.8) is 0 Å². The number of alkyl halides is 3. The lowest BCUT2D eigenvalue weighted by Gasteiger charge is -2.19. The summed E-state index contributed by atoms with van der Waals surface area (Å²) >= 11 is 0. The summed E-state index contributed by atoms with van der Waals surface area (Å²) in [6.07, 6.45) is -1.29. The molecule has 0 saturated carbocycles. The van der Waals surface area contributed by atoms with E-state index in [1.165, 1.54) is 17.2 Å². The Morgan fingerprint density at radius 1 is 0.947 bits per heavy atom. The van der Waals surface area contributed by atoms with Gasteiger partial charge in [-0.3, -0.25) is 4.79 Å². The van der Waals surface area contributed by atoms with Gasteiger partial charge in [-0.2, -0.15) is 13.2 Å². The zero-order chi connectivity index (χ0) is 28.0. The lowest BCUT2D eigenvalue weighted by molar-refractivity contribution is -0.140. The fourth-order valence-corrected chi connectivity index (χ4v) is 4.81. The number of allylic oxidation sites excluding steroid dienone is 1. The largest absolute Gasteiger partial charge is 0.419 e. The van der Waals surface area contributed by atoms with Crippen LogP contribution in [0, 0.1) is 19.7 Å². The Morgan fingerprint density at radius 2 is 1.68 bits per heavy atom. The standard InChI is InChI=1S/C32H35F4NO/c1-6-9-27-24(15-12-20(3)26-17-14-23(7-2)18-22(26)5)16-13-21(4)31(27)37-29(38)19-25-10-8-11-28(30(25)33)32(34,35)36/h8,10-11,13-14,16-18H,3,6-7,9,12,15,19H2,1-2,4-5H3,(H,37,38). The smallest absolute Gasteiger partial charge is 0.325 e. The van der Waals surface area contributed by atoms with Crippen molar-refractivity contribution < 1.29 is 22.4 Å². The molecular formula is C32H35F4NO. The van der Waals surface area contributed by atoms with Gasteiger partial charge in [0.1, 0.15) is 5.82 Å². The van der Waals surface area contributed by atoms with Crippen molar-refractivity contribution in [2.45, 2.75) is 72.4 Å². The predicted octanol–water partition coefficient (Wildman–Crippen LogP) is 8.80. The fourth-order valence-electron chi connectivity index (χ4n) is 4.81. The summed E-state index contributed by atoms with van der Waals surface area (Å²) in [6, 6.07) is 13.4. The lowest BCUT2D eigenvalue weighted by atomic mass is 9.90. The highest BCUT2D eigenvalue weighted by atomic mass is 19.4. The Kier molecular flexibility index (Phi) is 9.53. The number of hydrogen-bond acceptors (Lipinski definition) is 1. The Labute approximate surface area is 222 Å². The molecule has 38 heavy (non-hydrogen) atoms. The Morgan fingerprint density at radius 3 is 2.32 bits per heavy atom. The molecule has 0 unspecified atom stereocenters. The highest BCUT2D eigenvalue weighted by Gasteiger charge is 2.35. The van der Waals surface area contributed by atoms with Gasteiger partial charge in [0.15, 0.2) is 0 Å². The van der Waals surface area contributed by atoms with Crippen LogP contribution in [0.15, 0.2) is 55.1 Å². The molecule has 3 rings (SSSR count). The van der Waals surface area contributed by atoms with Crippen molar-refractivity contribution in [3.05, 3.63) is 105 Å². The molecule has 0 saturated heterocycles. The summed E-state index contributed by atoms with van der Waals surface area (Å²) < 4.78 is 53.8. The van der Waals surface area contributed by atoms with Crippen LogP contribution in [0.2, 0.25) is 0 Å². The van der Waals surface area contributed by atoms with E-state index in [1.54, 1.807) is 0 Å². The maximum atomic E-state index is 14.5. The molecule has 0 radical (unpaired) electrons. The van der Waals surface area contributed by atoms with E-state index >= 15 is 0 Å². The van der Waals surface area contributed by atoms with Gasteiger partial charge in [-0.05, 0) is 90.1 Å². The van der Waals surface area contributed by atoms with Crippen LogP contribution in [0.1, 0.15) is 71.2 Å². The van der Waals surface area contributed by atoms with Gasteiger partial charge >= 0.3 is 6.18 Å². The summed E-state index contributed by atoms with van der Waals surface area (Å²) in [7, 11) is 0. The third-order valence-electron chi connectivity index (χ3n) is 6.89. The molecule has 0 spiro atoms. The van der Waals surface area contributed by atoms with Crippen molar-refractivity contribution in [1.29, 1.82) is 0 Å². The van der Waals surface area contributed by atoms with Crippen LogP contribution in [0.5, 0.6) is 0 Å². The Balaban J connectivity index is 1.81. The molecule has 0 aliphatic carbocycles. The minimum absolute atomic E-state index is 0.288. The number of aryl methyl sites for hydroxylation is 4. The van der Waals surface area contributed by atoms with Crippen molar-refractivity contribution in [1.82, 2.24) is 0 Å². The monoisotopic (exact) mass is 525 g/mol. The minimum atomic E-state index is -4.82. The van der Waals surface area contributed by atoms with Crippen LogP contribution in [0.3, 0.4) is 0 Å². The molecule has 6 heteroatoms. The zero-order valence-electron chi connectivity index (χ0n) is 22.5. The number of carbonyl (C=O) groups excluding carboxylic acids is 1. The molecule has 0 aromatic heterocycles. The van der Waals surface area contributed by atoms with Gasteiger partial charge in [0.25, 0.3) is 0 Å². The first-order chi connectivity index (χ1) is 18.0. The molecule has 0 bridgehead atoms. The van der Waals surface area contributed by atoms with Crippen LogP contribution >= 0.6 is 0 Å². The molecule has 2 nitrogen and oxygen atoms in total. The molecule has 0 heterocycles. The summed E-state index contributed by atoms with van der Waals surface area (Å²) in [6.45, 7) is 12.5.